The predicted molar refractivity (Wildman–Crippen MR) is 174 cm³/mol. The van der Waals surface area contributed by atoms with Crippen molar-refractivity contribution in [1.82, 2.24) is 34.6 Å². The third-order valence-corrected chi connectivity index (χ3v) is 7.54. The molecular weight excluding hydrogens is 564 g/mol. The number of aromatic nitrogens is 6. The largest absolute Gasteiger partial charge is 0.383 e. The maximum atomic E-state index is 12.9. The zero-order valence-corrected chi connectivity index (χ0v) is 24.3. The summed E-state index contributed by atoms with van der Waals surface area (Å²) < 4.78 is 3.42. The van der Waals surface area contributed by atoms with Gasteiger partial charge in [-0.3, -0.25) is 19.3 Å². The van der Waals surface area contributed by atoms with Gasteiger partial charge in [-0.2, -0.15) is 0 Å². The first-order chi connectivity index (χ1) is 21.9. The molecule has 0 radical (unpaired) electrons. The average Bonchev–Trinajstić information content (AvgIpc) is 3.62. The fourth-order valence-electron chi connectivity index (χ4n) is 5.27. The quantitative estimate of drug-likeness (QED) is 0.225. The van der Waals surface area contributed by atoms with Crippen LogP contribution < -0.4 is 16.6 Å². The van der Waals surface area contributed by atoms with Gasteiger partial charge in [-0.1, -0.05) is 42.5 Å². The van der Waals surface area contributed by atoms with Gasteiger partial charge in [0.1, 0.15) is 11.3 Å². The second kappa shape index (κ2) is 11.4. The van der Waals surface area contributed by atoms with E-state index in [-0.39, 0.29) is 11.5 Å². The zero-order chi connectivity index (χ0) is 30.9. The van der Waals surface area contributed by atoms with Crippen LogP contribution in [0.25, 0.3) is 45.2 Å². The van der Waals surface area contributed by atoms with Crippen LogP contribution in [0.1, 0.15) is 21.6 Å². The van der Waals surface area contributed by atoms with Crippen molar-refractivity contribution < 1.29 is 4.79 Å². The van der Waals surface area contributed by atoms with Gasteiger partial charge in [0.2, 0.25) is 0 Å². The number of aryl methyl sites for hydroxylation is 1. The van der Waals surface area contributed by atoms with Crippen LogP contribution in [0.4, 0.5) is 5.82 Å². The van der Waals surface area contributed by atoms with Crippen LogP contribution in [0.3, 0.4) is 0 Å². The molecule has 1 amide bonds. The third kappa shape index (κ3) is 5.36. The number of nitrogens with one attached hydrogen (secondary N) is 2. The molecule has 7 rings (SSSR count). The maximum Gasteiger partial charge on any atom is 0.271 e. The van der Waals surface area contributed by atoms with Crippen LogP contribution in [-0.2, 0) is 6.54 Å². The minimum Gasteiger partial charge on any atom is -0.383 e. The molecule has 4 N–H and O–H groups in total. The highest BCUT2D eigenvalue weighted by Gasteiger charge is 2.19. The first-order valence-electron chi connectivity index (χ1n) is 14.4. The molecule has 10 nitrogen and oxygen atoms in total. The molecular formula is C35H28N8O2. The molecule has 0 aliphatic carbocycles. The number of rotatable bonds is 7. The highest BCUT2D eigenvalue weighted by Crippen LogP contribution is 2.31. The van der Waals surface area contributed by atoms with Gasteiger partial charge < -0.3 is 11.1 Å². The van der Waals surface area contributed by atoms with Crippen molar-refractivity contribution in [2.45, 2.75) is 13.5 Å². The Labute approximate surface area is 257 Å². The normalized spacial score (nSPS) is 11.1. The maximum absolute atomic E-state index is 12.9. The summed E-state index contributed by atoms with van der Waals surface area (Å²) in [5.74, 6) is 0.794. The topological polar surface area (TPSA) is 137 Å². The minimum absolute atomic E-state index is 0.153. The number of carbonyl (C=O) groups excluding carboxylic acids is 1. The van der Waals surface area contributed by atoms with E-state index in [9.17, 15) is 9.59 Å². The number of benzene rings is 3. The highest BCUT2D eigenvalue weighted by molar-refractivity contribution is 5.94. The number of nitrogen functional groups attached to an aromatic ring is 1. The van der Waals surface area contributed by atoms with E-state index in [1.807, 2.05) is 90.4 Å². The Morgan fingerprint density at radius 1 is 0.867 bits per heavy atom. The van der Waals surface area contributed by atoms with Crippen LogP contribution >= 0.6 is 0 Å². The molecule has 0 aliphatic heterocycles. The minimum atomic E-state index is -0.215. The molecule has 0 aliphatic rings. The van der Waals surface area contributed by atoms with Gasteiger partial charge in [0.25, 0.3) is 11.5 Å². The Morgan fingerprint density at radius 3 is 2.33 bits per heavy atom. The summed E-state index contributed by atoms with van der Waals surface area (Å²) in [5.41, 5.74) is 13.8. The summed E-state index contributed by atoms with van der Waals surface area (Å²) in [6.45, 7) is 2.15. The molecule has 0 fully saturated rings. The molecule has 4 heterocycles. The van der Waals surface area contributed by atoms with Crippen LogP contribution in [0, 0.1) is 6.92 Å². The van der Waals surface area contributed by atoms with E-state index in [4.69, 9.17) is 15.7 Å². The molecule has 0 saturated heterocycles. The second-order valence-electron chi connectivity index (χ2n) is 10.6. The number of anilines is 1. The van der Waals surface area contributed by atoms with Crippen molar-refractivity contribution in [2.24, 2.45) is 0 Å². The fraction of sp³-hybridized carbons (Fsp3) is 0.0571. The van der Waals surface area contributed by atoms with Crippen molar-refractivity contribution in [3.63, 3.8) is 0 Å². The van der Waals surface area contributed by atoms with Crippen molar-refractivity contribution in [1.29, 1.82) is 0 Å². The van der Waals surface area contributed by atoms with Crippen LogP contribution in [0.15, 0.2) is 120 Å². The number of amides is 1. The molecule has 3 aromatic carbocycles. The SMILES string of the molecule is Cc1cc(=O)n(-c2ccc(C(=O)NCc3ccc(-n4c(-c5cccnc5N)nc5ccc(-c6ccccc6)nc54)cc3)cc2)[nH]1. The number of aromatic amines is 1. The van der Waals surface area contributed by atoms with E-state index in [2.05, 4.69) is 15.4 Å². The lowest BCUT2D eigenvalue weighted by molar-refractivity contribution is 0.0951. The summed E-state index contributed by atoms with van der Waals surface area (Å²) in [7, 11) is 0. The Kier molecular flexibility index (Phi) is 6.99. The van der Waals surface area contributed by atoms with Crippen LogP contribution in [0.5, 0.6) is 0 Å². The Hall–Kier alpha value is -6.29. The van der Waals surface area contributed by atoms with E-state index in [1.54, 1.807) is 30.5 Å². The molecule has 4 aromatic heterocycles. The number of H-pyrrole nitrogens is 1. The standard InChI is InChI=1S/C35H28N8O2/c1-22-20-31(44)43(41-22)27-15-11-25(12-16-27)35(45)38-21-23-9-13-26(14-10-23)42-33(28-8-5-19-37-32(28)36)40-30-18-17-29(39-34(30)42)24-6-3-2-4-7-24/h2-20,41H,21H2,1H3,(H2,36,37)(H,38,45). The lowest BCUT2D eigenvalue weighted by Crippen LogP contribution is -2.23. The molecule has 10 heteroatoms. The number of hydrogen-bond acceptors (Lipinski definition) is 6. The number of carbonyl (C=O) groups is 1. The fourth-order valence-corrected chi connectivity index (χ4v) is 5.27. The number of pyridine rings is 2. The van der Waals surface area contributed by atoms with Gasteiger partial charge in [-0.15, -0.1) is 0 Å². The van der Waals surface area contributed by atoms with E-state index in [0.717, 1.165) is 33.7 Å². The van der Waals surface area contributed by atoms with Crippen molar-refractivity contribution in [2.75, 3.05) is 5.73 Å². The smallest absolute Gasteiger partial charge is 0.271 e. The van der Waals surface area contributed by atoms with Gasteiger partial charge in [0.05, 0.1) is 16.9 Å². The predicted octanol–water partition coefficient (Wildman–Crippen LogP) is 5.45. The van der Waals surface area contributed by atoms with Gasteiger partial charge in [0, 0.05) is 41.3 Å². The summed E-state index contributed by atoms with van der Waals surface area (Å²) in [6, 6.07) is 33.9. The molecule has 0 atom stereocenters. The molecule has 0 unspecified atom stereocenters. The van der Waals surface area contributed by atoms with Gasteiger partial charge in [-0.25, -0.2) is 19.6 Å². The first-order valence-corrected chi connectivity index (χ1v) is 14.4. The molecule has 0 bridgehead atoms. The number of nitrogens with two attached hydrogens (primary N) is 1. The van der Waals surface area contributed by atoms with Crippen molar-refractivity contribution >= 4 is 22.9 Å². The monoisotopic (exact) mass is 592 g/mol. The molecule has 7 aromatic rings. The molecule has 220 valence electrons. The number of hydrogen-bond donors (Lipinski definition) is 3. The van der Waals surface area contributed by atoms with E-state index >= 15 is 0 Å². The van der Waals surface area contributed by atoms with E-state index in [0.29, 0.717) is 40.6 Å². The summed E-state index contributed by atoms with van der Waals surface area (Å²) >= 11 is 0. The highest BCUT2D eigenvalue weighted by atomic mass is 16.1. The Bertz CT molecular complexity index is 2210. The summed E-state index contributed by atoms with van der Waals surface area (Å²) in [4.78, 5) is 39.2. The first kappa shape index (κ1) is 27.5. The molecule has 45 heavy (non-hydrogen) atoms. The molecule has 0 saturated carbocycles. The van der Waals surface area contributed by atoms with Crippen LogP contribution in [-0.4, -0.2) is 35.2 Å². The summed E-state index contributed by atoms with van der Waals surface area (Å²) in [5, 5.41) is 5.96. The second-order valence-corrected chi connectivity index (χ2v) is 10.6. The lowest BCUT2D eigenvalue weighted by Gasteiger charge is -2.12. The Balaban J connectivity index is 1.16. The van der Waals surface area contributed by atoms with E-state index < -0.39 is 0 Å². The van der Waals surface area contributed by atoms with Gasteiger partial charge >= 0.3 is 0 Å². The number of nitrogens with zero attached hydrogens (tertiary/aromatic N) is 5. The van der Waals surface area contributed by atoms with Gasteiger partial charge in [0.15, 0.2) is 11.5 Å². The van der Waals surface area contributed by atoms with Gasteiger partial charge in [-0.05, 0) is 73.2 Å². The third-order valence-electron chi connectivity index (χ3n) is 7.54. The van der Waals surface area contributed by atoms with Crippen molar-refractivity contribution in [3.05, 3.63) is 143 Å². The Morgan fingerprint density at radius 2 is 1.62 bits per heavy atom. The van der Waals surface area contributed by atoms with Crippen LogP contribution in [0.2, 0.25) is 0 Å². The lowest BCUT2D eigenvalue weighted by atomic mass is 10.1. The molecule has 0 spiro atoms. The average molecular weight is 593 g/mol. The van der Waals surface area contributed by atoms with E-state index in [1.165, 1.54) is 10.7 Å². The number of imidazole rings is 1. The number of fused-ring (bicyclic) bond motifs is 1. The van der Waals surface area contributed by atoms with Crippen molar-refractivity contribution in [3.8, 4) is 34.0 Å². The zero-order valence-electron chi connectivity index (χ0n) is 24.3. The summed E-state index contributed by atoms with van der Waals surface area (Å²) in [6.07, 6.45) is 1.65.